The van der Waals surface area contributed by atoms with Crippen molar-refractivity contribution >= 4 is 39.1 Å². The number of aromatic hydroxyl groups is 1. The number of phenolic OH excluding ortho intramolecular Hbond substituents is 1. The second-order valence-electron chi connectivity index (χ2n) is 12.8. The number of anilines is 1. The molecule has 4 aliphatic rings. The monoisotopic (exact) mass is 630 g/mol. The molecule has 0 spiro atoms. The number of rotatable bonds is 5. The first-order valence-corrected chi connectivity index (χ1v) is 16.0. The highest BCUT2D eigenvalue weighted by atomic mass is 35.5. The normalized spacial score (nSPS) is 26.0. The van der Waals surface area contributed by atoms with E-state index in [0.717, 1.165) is 32.2 Å². The lowest BCUT2D eigenvalue weighted by Crippen LogP contribution is -2.51. The van der Waals surface area contributed by atoms with E-state index in [1.807, 2.05) is 0 Å². The first-order chi connectivity index (χ1) is 21.8. The molecule has 2 aromatic heterocycles. The minimum absolute atomic E-state index is 0.0261. The molecule has 8 nitrogen and oxygen atoms in total. The van der Waals surface area contributed by atoms with E-state index in [2.05, 4.69) is 31.9 Å². The number of nitrogens with zero attached hydrogens (tertiary/aromatic N) is 5. The lowest BCUT2D eigenvalue weighted by Gasteiger charge is -2.35. The van der Waals surface area contributed by atoms with Gasteiger partial charge in [0.2, 0.25) is 0 Å². The highest BCUT2D eigenvalue weighted by Crippen LogP contribution is 2.43. The zero-order valence-electron chi connectivity index (χ0n) is 24.9. The smallest absolute Gasteiger partial charge is 0.319 e. The SMILES string of the molecule is CC#Cc1nc(-c2cc(O)cc3cccc(Cl)c23)c(F)c2nc(OC[C@@]34CCCN3C[C@H](F)C4)nc(N3C[C@H]4CC[C@@H](C3)N4)c12. The van der Waals surface area contributed by atoms with Crippen molar-refractivity contribution < 1.29 is 18.6 Å². The molecule has 6 heterocycles. The molecule has 11 heteroatoms. The van der Waals surface area contributed by atoms with Gasteiger partial charge in [-0.2, -0.15) is 9.97 Å². The van der Waals surface area contributed by atoms with Gasteiger partial charge < -0.3 is 20.1 Å². The molecule has 4 aliphatic heterocycles. The summed E-state index contributed by atoms with van der Waals surface area (Å²) < 4.78 is 37.8. The molecule has 4 aromatic rings. The van der Waals surface area contributed by atoms with E-state index in [1.165, 1.54) is 6.07 Å². The van der Waals surface area contributed by atoms with Crippen LogP contribution in [0.25, 0.3) is 32.9 Å². The number of benzene rings is 2. The minimum Gasteiger partial charge on any atom is -0.508 e. The van der Waals surface area contributed by atoms with Crippen LogP contribution < -0.4 is 15.0 Å². The van der Waals surface area contributed by atoms with Gasteiger partial charge in [0.25, 0.3) is 0 Å². The number of nitrogens with one attached hydrogen (secondary N) is 1. The topological polar surface area (TPSA) is 86.6 Å². The zero-order valence-corrected chi connectivity index (χ0v) is 25.7. The first-order valence-electron chi connectivity index (χ1n) is 15.6. The van der Waals surface area contributed by atoms with E-state index in [1.54, 1.807) is 31.2 Å². The van der Waals surface area contributed by atoms with Crippen LogP contribution in [-0.2, 0) is 0 Å². The molecule has 45 heavy (non-hydrogen) atoms. The van der Waals surface area contributed by atoms with Gasteiger partial charge in [-0.1, -0.05) is 29.7 Å². The van der Waals surface area contributed by atoms with E-state index < -0.39 is 17.5 Å². The van der Waals surface area contributed by atoms with Crippen LogP contribution in [0.4, 0.5) is 14.6 Å². The van der Waals surface area contributed by atoms with Crippen molar-refractivity contribution in [2.75, 3.05) is 37.7 Å². The second-order valence-corrected chi connectivity index (χ2v) is 13.2. The molecule has 4 saturated heterocycles. The Balaban J connectivity index is 1.33. The van der Waals surface area contributed by atoms with Crippen LogP contribution in [0.15, 0.2) is 30.3 Å². The Morgan fingerprint density at radius 3 is 2.76 bits per heavy atom. The van der Waals surface area contributed by atoms with Crippen LogP contribution in [0.5, 0.6) is 11.8 Å². The van der Waals surface area contributed by atoms with Crippen molar-refractivity contribution in [1.29, 1.82) is 0 Å². The van der Waals surface area contributed by atoms with Gasteiger partial charge in [0, 0.05) is 54.1 Å². The van der Waals surface area contributed by atoms with Gasteiger partial charge in [0.1, 0.15) is 41.3 Å². The highest BCUT2D eigenvalue weighted by Gasteiger charge is 2.49. The molecule has 2 bridgehead atoms. The molecular formula is C34H33ClF2N6O2. The number of hydrogen-bond acceptors (Lipinski definition) is 8. The number of fused-ring (bicyclic) bond motifs is 5. The fourth-order valence-electron chi connectivity index (χ4n) is 7.99. The molecule has 2 aromatic carbocycles. The van der Waals surface area contributed by atoms with Crippen molar-refractivity contribution in [3.8, 4) is 34.9 Å². The quantitative estimate of drug-likeness (QED) is 0.275. The lowest BCUT2D eigenvalue weighted by molar-refractivity contribution is 0.107. The Kier molecular flexibility index (Phi) is 6.97. The van der Waals surface area contributed by atoms with E-state index in [4.69, 9.17) is 26.3 Å². The first kappa shape index (κ1) is 28.7. The predicted molar refractivity (Wildman–Crippen MR) is 170 cm³/mol. The number of pyridine rings is 1. The number of alkyl halides is 1. The van der Waals surface area contributed by atoms with Crippen LogP contribution in [0.2, 0.25) is 5.02 Å². The van der Waals surface area contributed by atoms with Crippen LogP contribution in [0, 0.1) is 17.7 Å². The number of hydrogen-bond donors (Lipinski definition) is 2. The van der Waals surface area contributed by atoms with Gasteiger partial charge in [0.05, 0.1) is 10.9 Å². The summed E-state index contributed by atoms with van der Waals surface area (Å²) in [5, 5.41) is 16.3. The van der Waals surface area contributed by atoms with E-state index >= 15 is 4.39 Å². The Hall–Kier alpha value is -3.78. The summed E-state index contributed by atoms with van der Waals surface area (Å²) in [5.41, 5.74) is 0.253. The fraction of sp³-hybridized carbons (Fsp3) is 0.441. The second kappa shape index (κ2) is 10.9. The Morgan fingerprint density at radius 1 is 1.13 bits per heavy atom. The van der Waals surface area contributed by atoms with Gasteiger partial charge >= 0.3 is 6.01 Å². The largest absolute Gasteiger partial charge is 0.508 e. The molecule has 8 rings (SSSR count). The zero-order chi connectivity index (χ0) is 30.9. The van der Waals surface area contributed by atoms with Crippen molar-refractivity contribution in [2.45, 2.75) is 62.8 Å². The van der Waals surface area contributed by atoms with Crippen molar-refractivity contribution in [2.24, 2.45) is 0 Å². The maximum atomic E-state index is 17.0. The average Bonchev–Trinajstić information content (AvgIpc) is 3.67. The van der Waals surface area contributed by atoms with E-state index in [9.17, 15) is 9.50 Å². The molecule has 0 radical (unpaired) electrons. The molecule has 2 N–H and O–H groups in total. The van der Waals surface area contributed by atoms with Gasteiger partial charge in [-0.3, -0.25) is 4.90 Å². The van der Waals surface area contributed by atoms with Crippen LogP contribution in [0.3, 0.4) is 0 Å². The summed E-state index contributed by atoms with van der Waals surface area (Å²) in [6.07, 6.45) is 3.42. The maximum absolute atomic E-state index is 17.0. The van der Waals surface area contributed by atoms with Crippen LogP contribution in [-0.4, -0.2) is 81.5 Å². The Bertz CT molecular complexity index is 1900. The molecular weight excluding hydrogens is 598 g/mol. The number of piperazine rings is 1. The van der Waals surface area contributed by atoms with Crippen molar-refractivity contribution in [3.05, 3.63) is 46.9 Å². The third-order valence-corrected chi connectivity index (χ3v) is 10.2. The van der Waals surface area contributed by atoms with Gasteiger partial charge in [-0.25, -0.2) is 13.8 Å². The van der Waals surface area contributed by atoms with Gasteiger partial charge in [-0.15, -0.1) is 0 Å². The van der Waals surface area contributed by atoms with Crippen LogP contribution in [0.1, 0.15) is 44.7 Å². The molecule has 0 amide bonds. The number of aromatic nitrogens is 3. The highest BCUT2D eigenvalue weighted by molar-refractivity contribution is 6.36. The Morgan fingerprint density at radius 2 is 1.96 bits per heavy atom. The third-order valence-electron chi connectivity index (χ3n) is 9.90. The molecule has 4 fully saturated rings. The standard InChI is InChI=1S/C34H33ClF2N6O2/c1-2-5-26-28-31(29(37)30(39-26)24-13-23(44)12-19-6-3-7-25(35)27(19)24)40-33(41-32(28)42-16-21-8-9-22(17-42)38-21)45-18-34-10-4-11-43(34)15-20(36)14-34/h3,6-7,12-13,20-22,38,44H,4,8-11,14-18H2,1H3/t20-,21-,22+,34+/m1/s1. The summed E-state index contributed by atoms with van der Waals surface area (Å²) >= 11 is 6.63. The van der Waals surface area contributed by atoms with Gasteiger partial charge in [0.15, 0.2) is 5.82 Å². The molecule has 0 unspecified atom stereocenters. The van der Waals surface area contributed by atoms with E-state index in [-0.39, 0.29) is 29.6 Å². The summed E-state index contributed by atoms with van der Waals surface area (Å²) in [6.45, 7) is 4.54. The average molecular weight is 631 g/mol. The summed E-state index contributed by atoms with van der Waals surface area (Å²) in [6, 6.07) is 8.97. The fourth-order valence-corrected chi connectivity index (χ4v) is 8.27. The number of halogens is 3. The number of ether oxygens (including phenoxy) is 1. The van der Waals surface area contributed by atoms with Crippen LogP contribution >= 0.6 is 11.6 Å². The molecule has 232 valence electrons. The van der Waals surface area contributed by atoms with Crippen molar-refractivity contribution in [3.63, 3.8) is 0 Å². The van der Waals surface area contributed by atoms with E-state index in [0.29, 0.717) is 76.4 Å². The summed E-state index contributed by atoms with van der Waals surface area (Å²) in [7, 11) is 0. The number of phenols is 1. The van der Waals surface area contributed by atoms with Crippen molar-refractivity contribution in [1.82, 2.24) is 25.2 Å². The van der Waals surface area contributed by atoms with Gasteiger partial charge in [-0.05, 0) is 68.7 Å². The molecule has 0 saturated carbocycles. The summed E-state index contributed by atoms with van der Waals surface area (Å²) in [4.78, 5) is 18.6. The minimum atomic E-state index is -0.900. The predicted octanol–water partition coefficient (Wildman–Crippen LogP) is 5.61. The maximum Gasteiger partial charge on any atom is 0.319 e. The third kappa shape index (κ3) is 4.84. The lowest BCUT2D eigenvalue weighted by atomic mass is 9.95. The molecule has 4 atom stereocenters. The summed E-state index contributed by atoms with van der Waals surface area (Å²) in [5.74, 6) is 5.81. The Labute approximate surface area is 264 Å². The molecule has 0 aliphatic carbocycles.